The van der Waals surface area contributed by atoms with Gasteiger partial charge in [0.15, 0.2) is 0 Å². The second-order valence-electron chi connectivity index (χ2n) is 8.42. The Hall–Kier alpha value is -3.18. The van der Waals surface area contributed by atoms with Crippen molar-refractivity contribution in [3.63, 3.8) is 0 Å². The van der Waals surface area contributed by atoms with E-state index in [9.17, 15) is 19.5 Å². The molecule has 11 heteroatoms. The third kappa shape index (κ3) is 8.49. The Morgan fingerprint density at radius 1 is 1.14 bits per heavy atom. The van der Waals surface area contributed by atoms with Gasteiger partial charge in [-0.15, -0.1) is 11.8 Å². The fourth-order valence-electron chi connectivity index (χ4n) is 3.17. The molecule has 2 amide bonds. The number of ether oxygens (including phenoxy) is 3. The van der Waals surface area contributed by atoms with Gasteiger partial charge in [0.05, 0.1) is 35.1 Å². The second-order valence-corrected chi connectivity index (χ2v) is 9.87. The molecule has 0 aromatic heterocycles. The average Bonchev–Trinajstić information content (AvgIpc) is 2.84. The lowest BCUT2D eigenvalue weighted by Gasteiger charge is -2.17. The van der Waals surface area contributed by atoms with Crippen LogP contribution in [0.15, 0.2) is 24.3 Å². The summed E-state index contributed by atoms with van der Waals surface area (Å²) in [5.41, 5.74) is 0.353. The highest BCUT2D eigenvalue weighted by Gasteiger charge is 2.21. The molecule has 0 spiro atoms. The van der Waals surface area contributed by atoms with Crippen molar-refractivity contribution in [1.29, 1.82) is 0 Å². The summed E-state index contributed by atoms with van der Waals surface area (Å²) >= 11 is 1.21. The molecule has 1 unspecified atom stereocenters. The van der Waals surface area contributed by atoms with Gasteiger partial charge in [-0.25, -0.2) is 4.79 Å². The molecule has 0 aliphatic heterocycles. The number of phenols is 1. The number of aromatic hydroxyl groups is 1. The molecule has 1 atom stereocenters. The van der Waals surface area contributed by atoms with Crippen LogP contribution in [-0.4, -0.2) is 72.7 Å². The van der Waals surface area contributed by atoms with E-state index in [1.165, 1.54) is 17.8 Å². The van der Waals surface area contributed by atoms with E-state index in [1.54, 1.807) is 32.2 Å². The number of carboxylic acid groups (broad SMARTS) is 1. The SMILES string of the molecule is COCCCNC(=O)c1cc(OCCSC(C)C(=O)O)c2c(NC(=O)OCC(C)C)cccc2c1O. The van der Waals surface area contributed by atoms with Crippen LogP contribution in [0.1, 0.15) is 37.6 Å². The van der Waals surface area contributed by atoms with Crippen molar-refractivity contribution in [3.05, 3.63) is 29.8 Å². The van der Waals surface area contributed by atoms with Crippen LogP contribution in [0.3, 0.4) is 0 Å². The third-order valence-corrected chi connectivity index (χ3v) is 6.10. The summed E-state index contributed by atoms with van der Waals surface area (Å²) in [6, 6.07) is 6.30. The molecule has 0 aliphatic rings. The van der Waals surface area contributed by atoms with Crippen LogP contribution >= 0.6 is 11.8 Å². The zero-order valence-electron chi connectivity index (χ0n) is 21.0. The summed E-state index contributed by atoms with van der Waals surface area (Å²) < 4.78 is 16.1. The fraction of sp³-hybridized carbons (Fsp3) is 0.480. The summed E-state index contributed by atoms with van der Waals surface area (Å²) in [6.45, 7) is 6.63. The highest BCUT2D eigenvalue weighted by atomic mass is 32.2. The van der Waals surface area contributed by atoms with Gasteiger partial charge in [0.2, 0.25) is 0 Å². The maximum atomic E-state index is 12.8. The predicted octanol–water partition coefficient (Wildman–Crippen LogP) is 4.10. The number of carboxylic acids is 1. The van der Waals surface area contributed by atoms with E-state index in [-0.39, 0.29) is 36.2 Å². The summed E-state index contributed by atoms with van der Waals surface area (Å²) in [5.74, 6) is -0.877. The quantitative estimate of drug-likeness (QED) is 0.270. The van der Waals surface area contributed by atoms with Gasteiger partial charge in [-0.3, -0.25) is 14.9 Å². The smallest absolute Gasteiger partial charge is 0.411 e. The van der Waals surface area contributed by atoms with E-state index >= 15 is 0 Å². The van der Waals surface area contributed by atoms with Crippen LogP contribution in [-0.2, 0) is 14.3 Å². The number of aliphatic carboxylic acids is 1. The number of hydrogen-bond donors (Lipinski definition) is 4. The Morgan fingerprint density at radius 3 is 2.56 bits per heavy atom. The number of carbonyl (C=O) groups excluding carboxylic acids is 2. The van der Waals surface area contributed by atoms with Crippen molar-refractivity contribution < 1.29 is 38.8 Å². The first-order chi connectivity index (χ1) is 17.1. The van der Waals surface area contributed by atoms with Crippen molar-refractivity contribution in [2.75, 3.05) is 44.5 Å². The lowest BCUT2D eigenvalue weighted by Crippen LogP contribution is -2.25. The number of anilines is 1. The number of thioether (sulfide) groups is 1. The number of methoxy groups -OCH3 is 1. The molecule has 0 heterocycles. The number of benzene rings is 2. The minimum absolute atomic E-state index is 0.0148. The first kappa shape index (κ1) is 29.1. The third-order valence-electron chi connectivity index (χ3n) is 4.99. The first-order valence-electron chi connectivity index (χ1n) is 11.6. The van der Waals surface area contributed by atoms with Crippen molar-refractivity contribution in [1.82, 2.24) is 5.32 Å². The zero-order chi connectivity index (χ0) is 26.7. The van der Waals surface area contributed by atoms with Crippen LogP contribution < -0.4 is 15.4 Å². The molecule has 0 fully saturated rings. The minimum Gasteiger partial charge on any atom is -0.506 e. The number of nitrogens with one attached hydrogen (secondary N) is 2. The number of carbonyl (C=O) groups is 3. The van der Waals surface area contributed by atoms with Crippen molar-refractivity contribution in [3.8, 4) is 11.5 Å². The average molecular weight is 523 g/mol. The number of rotatable bonds is 14. The highest BCUT2D eigenvalue weighted by molar-refractivity contribution is 8.00. The Kier molecular flexibility index (Phi) is 11.6. The number of phenolic OH excluding ortho intramolecular Hbond substituents is 1. The van der Waals surface area contributed by atoms with Crippen LogP contribution in [0.2, 0.25) is 0 Å². The van der Waals surface area contributed by atoms with Crippen molar-refractivity contribution in [2.45, 2.75) is 32.4 Å². The molecule has 0 saturated carbocycles. The standard InChI is InChI=1S/C25H34N2O8S/c1-15(2)14-35-25(32)27-19-8-5-7-17-21(19)20(34-11-12-36-16(3)24(30)31)13-18(22(17)28)23(29)26-9-6-10-33-4/h5,7-8,13,15-16,28H,6,9-12,14H2,1-4H3,(H,26,29)(H,27,32)(H,30,31). The summed E-state index contributed by atoms with van der Waals surface area (Å²) in [4.78, 5) is 36.2. The predicted molar refractivity (Wildman–Crippen MR) is 139 cm³/mol. The Balaban J connectivity index is 2.38. The molecule has 0 aliphatic carbocycles. The van der Waals surface area contributed by atoms with E-state index in [0.29, 0.717) is 41.8 Å². The van der Waals surface area contributed by atoms with Crippen LogP contribution in [0.5, 0.6) is 11.5 Å². The van der Waals surface area contributed by atoms with Gasteiger partial charge >= 0.3 is 12.1 Å². The van der Waals surface area contributed by atoms with Crippen molar-refractivity contribution >= 4 is 46.2 Å². The monoisotopic (exact) mass is 522 g/mol. The van der Waals surface area contributed by atoms with E-state index in [4.69, 9.17) is 19.3 Å². The Labute approximate surface area is 214 Å². The molecule has 2 aromatic rings. The fourth-order valence-corrected chi connectivity index (χ4v) is 3.85. The lowest BCUT2D eigenvalue weighted by molar-refractivity contribution is -0.136. The van der Waals surface area contributed by atoms with E-state index in [1.807, 2.05) is 13.8 Å². The topological polar surface area (TPSA) is 143 Å². The number of amides is 2. The molecule has 0 saturated heterocycles. The van der Waals surface area contributed by atoms with E-state index < -0.39 is 23.2 Å². The summed E-state index contributed by atoms with van der Waals surface area (Å²) in [7, 11) is 1.57. The molecule has 10 nitrogen and oxygen atoms in total. The van der Waals surface area contributed by atoms with Crippen molar-refractivity contribution in [2.24, 2.45) is 5.92 Å². The summed E-state index contributed by atoms with van der Waals surface area (Å²) in [5, 5.41) is 25.5. The molecular weight excluding hydrogens is 488 g/mol. The van der Waals surface area contributed by atoms with Gasteiger partial charge < -0.3 is 29.7 Å². The Morgan fingerprint density at radius 2 is 1.89 bits per heavy atom. The van der Waals surface area contributed by atoms with E-state index in [0.717, 1.165) is 0 Å². The number of fused-ring (bicyclic) bond motifs is 1. The molecule has 0 radical (unpaired) electrons. The van der Waals surface area contributed by atoms with Gasteiger partial charge in [-0.05, 0) is 31.4 Å². The Bertz CT molecular complexity index is 1060. The maximum Gasteiger partial charge on any atom is 0.411 e. The molecular formula is C25H34N2O8S. The molecule has 2 rings (SSSR count). The number of hydrogen-bond acceptors (Lipinski definition) is 8. The van der Waals surface area contributed by atoms with Crippen LogP contribution in [0, 0.1) is 5.92 Å². The van der Waals surface area contributed by atoms with Gasteiger partial charge in [0, 0.05) is 31.4 Å². The minimum atomic E-state index is -0.922. The van der Waals surface area contributed by atoms with E-state index in [2.05, 4.69) is 10.6 Å². The maximum absolute atomic E-state index is 12.8. The van der Waals surface area contributed by atoms with Gasteiger partial charge in [-0.1, -0.05) is 26.0 Å². The zero-order valence-corrected chi connectivity index (χ0v) is 21.8. The normalized spacial score (nSPS) is 11.8. The summed E-state index contributed by atoms with van der Waals surface area (Å²) in [6.07, 6.45) is -0.0571. The van der Waals surface area contributed by atoms with Crippen LogP contribution in [0.25, 0.3) is 10.8 Å². The molecule has 0 bridgehead atoms. The van der Waals surface area contributed by atoms with Gasteiger partial charge in [0.25, 0.3) is 5.91 Å². The highest BCUT2D eigenvalue weighted by Crippen LogP contribution is 2.40. The molecule has 36 heavy (non-hydrogen) atoms. The van der Waals surface area contributed by atoms with Crippen LogP contribution in [0.4, 0.5) is 10.5 Å². The first-order valence-corrected chi connectivity index (χ1v) is 12.7. The second kappa shape index (κ2) is 14.4. The largest absolute Gasteiger partial charge is 0.506 e. The van der Waals surface area contributed by atoms with Gasteiger partial charge in [-0.2, -0.15) is 0 Å². The van der Waals surface area contributed by atoms with Gasteiger partial charge in [0.1, 0.15) is 11.5 Å². The molecule has 4 N–H and O–H groups in total. The molecule has 2 aromatic carbocycles. The lowest BCUT2D eigenvalue weighted by atomic mass is 10.0. The molecule has 198 valence electrons.